The molecule has 0 saturated heterocycles. The monoisotopic (exact) mass is 427 g/mol. The number of ether oxygens (including phenoxy) is 3. The Morgan fingerprint density at radius 2 is 1.90 bits per heavy atom. The number of nitrogens with zero attached hydrogens (tertiary/aromatic N) is 1. The number of nitrogens with two attached hydrogens (primary N) is 1. The highest BCUT2D eigenvalue weighted by Gasteiger charge is 2.12. The molecule has 0 spiro atoms. The van der Waals surface area contributed by atoms with Crippen LogP contribution in [0.2, 0.25) is 0 Å². The van der Waals surface area contributed by atoms with Gasteiger partial charge in [0.2, 0.25) is 0 Å². The number of hydrogen-bond acceptors (Lipinski definition) is 8. The molecule has 0 aliphatic rings. The molecule has 0 aliphatic heterocycles. The minimum atomic E-state index is -0.925. The smallest absolute Gasteiger partial charge is 0.132 e. The number of benzene rings is 2. The fourth-order valence-corrected chi connectivity index (χ4v) is 2.96. The average molecular weight is 428 g/mol. The largest absolute Gasteiger partial charge is 0.497 e. The number of fused-ring (bicyclic) bond motifs is 1. The second-order valence-corrected chi connectivity index (χ2v) is 7.07. The Hall–Kier alpha value is -2.91. The number of anilines is 1. The number of aromatic nitrogens is 1. The van der Waals surface area contributed by atoms with E-state index >= 15 is 0 Å². The molecule has 3 rings (SSSR count). The summed E-state index contributed by atoms with van der Waals surface area (Å²) in [5.41, 5.74) is 7.58. The second-order valence-electron chi connectivity index (χ2n) is 7.07. The van der Waals surface area contributed by atoms with E-state index in [1.54, 1.807) is 7.11 Å². The standard InChI is InChI=1S/C23H29N3O5/c1-29-18-8-6-16(7-9-18)14-31-22-10-23(26-21-5-3-2-4-20(21)22)25-12-19(11-24)30-15-17(28)13-27/h2-10,17,19,27-28H,11-15,24H2,1H3,(H,25,26). The van der Waals surface area contributed by atoms with Gasteiger partial charge < -0.3 is 35.5 Å². The summed E-state index contributed by atoms with van der Waals surface area (Å²) in [5.74, 6) is 2.14. The van der Waals surface area contributed by atoms with Crippen molar-refractivity contribution < 1.29 is 24.4 Å². The summed E-state index contributed by atoms with van der Waals surface area (Å²) in [6.07, 6.45) is -1.26. The Morgan fingerprint density at radius 1 is 1.13 bits per heavy atom. The van der Waals surface area contributed by atoms with E-state index in [4.69, 9.17) is 25.1 Å². The maximum atomic E-state index is 9.45. The van der Waals surface area contributed by atoms with Gasteiger partial charge in [-0.05, 0) is 29.8 Å². The number of pyridine rings is 1. The van der Waals surface area contributed by atoms with Gasteiger partial charge in [-0.3, -0.25) is 0 Å². The third kappa shape index (κ3) is 6.53. The van der Waals surface area contributed by atoms with Gasteiger partial charge in [-0.1, -0.05) is 24.3 Å². The van der Waals surface area contributed by atoms with E-state index in [1.807, 2.05) is 54.6 Å². The molecule has 0 amide bonds. The summed E-state index contributed by atoms with van der Waals surface area (Å²) in [6.45, 7) is 0.732. The Labute approximate surface area is 181 Å². The van der Waals surface area contributed by atoms with Crippen molar-refractivity contribution in [1.82, 2.24) is 4.98 Å². The van der Waals surface area contributed by atoms with Gasteiger partial charge in [-0.2, -0.15) is 0 Å². The van der Waals surface area contributed by atoms with Crippen molar-refractivity contribution in [2.24, 2.45) is 5.73 Å². The van der Waals surface area contributed by atoms with E-state index in [9.17, 15) is 5.11 Å². The lowest BCUT2D eigenvalue weighted by molar-refractivity contribution is -0.0212. The molecule has 0 radical (unpaired) electrons. The molecule has 31 heavy (non-hydrogen) atoms. The van der Waals surface area contributed by atoms with E-state index in [-0.39, 0.29) is 25.9 Å². The summed E-state index contributed by atoms with van der Waals surface area (Å²) in [7, 11) is 1.64. The van der Waals surface area contributed by atoms with Gasteiger partial charge in [0.1, 0.15) is 30.0 Å². The van der Waals surface area contributed by atoms with Gasteiger partial charge >= 0.3 is 0 Å². The topological polar surface area (TPSA) is 119 Å². The van der Waals surface area contributed by atoms with E-state index < -0.39 is 6.10 Å². The number of methoxy groups -OCH3 is 1. The summed E-state index contributed by atoms with van der Waals surface area (Å²) in [4.78, 5) is 4.64. The molecule has 2 unspecified atom stereocenters. The Balaban J connectivity index is 1.70. The SMILES string of the molecule is COc1ccc(COc2cc(NCC(CN)OCC(O)CO)nc3ccccc23)cc1. The number of aliphatic hydroxyl groups is 2. The fraction of sp³-hybridized carbons (Fsp3) is 0.348. The number of nitrogens with one attached hydrogen (secondary N) is 1. The van der Waals surface area contributed by atoms with Crippen molar-refractivity contribution in [3.8, 4) is 11.5 Å². The van der Waals surface area contributed by atoms with Crippen LogP contribution in [0.3, 0.4) is 0 Å². The fourth-order valence-electron chi connectivity index (χ4n) is 2.96. The average Bonchev–Trinajstić information content (AvgIpc) is 2.82. The number of para-hydroxylation sites is 1. The Morgan fingerprint density at radius 3 is 2.61 bits per heavy atom. The van der Waals surface area contributed by atoms with Crippen LogP contribution in [0, 0.1) is 0 Å². The molecule has 166 valence electrons. The number of hydrogen-bond donors (Lipinski definition) is 4. The highest BCUT2D eigenvalue weighted by Crippen LogP contribution is 2.28. The molecule has 2 atom stereocenters. The van der Waals surface area contributed by atoms with E-state index in [2.05, 4.69) is 10.3 Å². The molecule has 8 nitrogen and oxygen atoms in total. The normalized spacial score (nSPS) is 13.0. The van der Waals surface area contributed by atoms with E-state index in [0.717, 1.165) is 22.2 Å². The zero-order valence-corrected chi connectivity index (χ0v) is 17.5. The zero-order valence-electron chi connectivity index (χ0n) is 17.5. The van der Waals surface area contributed by atoms with Crippen molar-refractivity contribution in [3.63, 3.8) is 0 Å². The molecule has 8 heteroatoms. The Kier molecular flexibility index (Phi) is 8.43. The second kappa shape index (κ2) is 11.5. The quantitative estimate of drug-likeness (QED) is 0.346. The van der Waals surface area contributed by atoms with Crippen molar-refractivity contribution in [1.29, 1.82) is 0 Å². The van der Waals surface area contributed by atoms with Gasteiger partial charge in [0, 0.05) is 24.5 Å². The molecule has 0 saturated carbocycles. The predicted molar refractivity (Wildman–Crippen MR) is 119 cm³/mol. The van der Waals surface area contributed by atoms with Gasteiger partial charge in [0.05, 0.1) is 31.9 Å². The minimum absolute atomic E-state index is 0.0153. The van der Waals surface area contributed by atoms with Crippen molar-refractivity contribution in [2.45, 2.75) is 18.8 Å². The van der Waals surface area contributed by atoms with Crippen LogP contribution in [-0.2, 0) is 11.3 Å². The first-order valence-electron chi connectivity index (χ1n) is 10.1. The summed E-state index contributed by atoms with van der Waals surface area (Å²) < 4.78 is 16.8. The van der Waals surface area contributed by atoms with Crippen LogP contribution >= 0.6 is 0 Å². The highest BCUT2D eigenvalue weighted by atomic mass is 16.5. The molecule has 1 aromatic heterocycles. The maximum absolute atomic E-state index is 9.45. The lowest BCUT2D eigenvalue weighted by Crippen LogP contribution is -2.34. The lowest BCUT2D eigenvalue weighted by atomic mass is 10.2. The van der Waals surface area contributed by atoms with E-state index in [1.165, 1.54) is 0 Å². The molecule has 1 heterocycles. The molecular weight excluding hydrogens is 398 g/mol. The van der Waals surface area contributed by atoms with E-state index in [0.29, 0.717) is 24.7 Å². The summed E-state index contributed by atoms with van der Waals surface area (Å²) in [6, 6.07) is 17.3. The van der Waals surface area contributed by atoms with Crippen LogP contribution in [-0.4, -0.2) is 60.8 Å². The van der Waals surface area contributed by atoms with Crippen LogP contribution in [0.1, 0.15) is 5.56 Å². The molecule has 3 aromatic rings. The highest BCUT2D eigenvalue weighted by molar-refractivity contribution is 5.86. The molecule has 0 fully saturated rings. The third-order valence-corrected chi connectivity index (χ3v) is 4.74. The minimum Gasteiger partial charge on any atom is -0.497 e. The molecule has 0 bridgehead atoms. The number of rotatable bonds is 12. The molecule has 0 aliphatic carbocycles. The molecule has 5 N–H and O–H groups in total. The van der Waals surface area contributed by atoms with Crippen LogP contribution in [0.5, 0.6) is 11.5 Å². The third-order valence-electron chi connectivity index (χ3n) is 4.74. The van der Waals surface area contributed by atoms with Crippen molar-refractivity contribution >= 4 is 16.7 Å². The lowest BCUT2D eigenvalue weighted by Gasteiger charge is -2.19. The van der Waals surface area contributed by atoms with Crippen molar-refractivity contribution in [3.05, 3.63) is 60.2 Å². The van der Waals surface area contributed by atoms with Crippen molar-refractivity contribution in [2.75, 3.05) is 38.7 Å². The van der Waals surface area contributed by atoms with Gasteiger partial charge in [-0.25, -0.2) is 4.98 Å². The molecule has 2 aromatic carbocycles. The first-order chi connectivity index (χ1) is 15.1. The van der Waals surface area contributed by atoms with Gasteiger partial charge in [-0.15, -0.1) is 0 Å². The first kappa shape index (κ1) is 22.8. The summed E-state index contributed by atoms with van der Waals surface area (Å²) >= 11 is 0. The van der Waals surface area contributed by atoms with Gasteiger partial charge in [0.25, 0.3) is 0 Å². The first-order valence-corrected chi connectivity index (χ1v) is 10.1. The van der Waals surface area contributed by atoms with Gasteiger partial charge in [0.15, 0.2) is 0 Å². The zero-order chi connectivity index (χ0) is 22.1. The maximum Gasteiger partial charge on any atom is 0.132 e. The summed E-state index contributed by atoms with van der Waals surface area (Å²) in [5, 5.41) is 22.5. The Bertz CT molecular complexity index is 952. The predicted octanol–water partition coefficient (Wildman–Crippen LogP) is 1.93. The number of aliphatic hydroxyl groups excluding tert-OH is 2. The van der Waals surface area contributed by atoms with Crippen LogP contribution in [0.15, 0.2) is 54.6 Å². The van der Waals surface area contributed by atoms with Crippen LogP contribution < -0.4 is 20.5 Å². The van der Waals surface area contributed by atoms with Crippen LogP contribution in [0.4, 0.5) is 5.82 Å². The van der Waals surface area contributed by atoms with Crippen LogP contribution in [0.25, 0.3) is 10.9 Å². The molecular formula is C23H29N3O5.